The fourth-order valence-corrected chi connectivity index (χ4v) is 3.32. The topological polar surface area (TPSA) is 78.9 Å². The van der Waals surface area contributed by atoms with Crippen LogP contribution >= 0.6 is 11.3 Å². The highest BCUT2D eigenvalue weighted by molar-refractivity contribution is 7.14. The van der Waals surface area contributed by atoms with Crippen molar-refractivity contribution in [1.29, 1.82) is 5.26 Å². The molecule has 1 amide bonds. The third-order valence-corrected chi connectivity index (χ3v) is 4.76. The van der Waals surface area contributed by atoms with E-state index >= 15 is 0 Å². The van der Waals surface area contributed by atoms with Crippen molar-refractivity contribution in [3.8, 4) is 28.7 Å². The standard InChI is InChI=1S/C21H12FN3O2S/c22-16-4-2-1-3-15(16)18-9-10-19(27-18)20(26)25-21-24-17(12-28-21)14-7-5-13(11-23)6-8-14/h1-10,12H,(H,24,25,26). The fraction of sp³-hybridized carbons (Fsp3) is 0. The summed E-state index contributed by atoms with van der Waals surface area (Å²) in [5, 5.41) is 13.8. The van der Waals surface area contributed by atoms with Crippen molar-refractivity contribution in [2.24, 2.45) is 0 Å². The molecule has 1 N–H and O–H groups in total. The molecule has 0 aliphatic rings. The van der Waals surface area contributed by atoms with Gasteiger partial charge in [0.2, 0.25) is 0 Å². The highest BCUT2D eigenvalue weighted by Crippen LogP contribution is 2.27. The van der Waals surface area contributed by atoms with Crippen LogP contribution in [0, 0.1) is 17.1 Å². The Morgan fingerprint density at radius 3 is 2.64 bits per heavy atom. The molecule has 4 rings (SSSR count). The van der Waals surface area contributed by atoms with Crippen LogP contribution < -0.4 is 5.32 Å². The molecule has 2 heterocycles. The first-order chi connectivity index (χ1) is 13.6. The summed E-state index contributed by atoms with van der Waals surface area (Å²) in [6.07, 6.45) is 0. The van der Waals surface area contributed by atoms with Gasteiger partial charge in [0.05, 0.1) is 22.9 Å². The average molecular weight is 389 g/mol. The predicted molar refractivity (Wildman–Crippen MR) is 104 cm³/mol. The summed E-state index contributed by atoms with van der Waals surface area (Å²) in [5.41, 5.74) is 2.39. The second-order valence-corrected chi connectivity index (χ2v) is 6.68. The lowest BCUT2D eigenvalue weighted by Crippen LogP contribution is -2.10. The lowest BCUT2D eigenvalue weighted by atomic mass is 10.1. The van der Waals surface area contributed by atoms with Gasteiger partial charge in [0, 0.05) is 10.9 Å². The SMILES string of the molecule is N#Cc1ccc(-c2csc(NC(=O)c3ccc(-c4ccccc4F)o3)n2)cc1. The van der Waals surface area contributed by atoms with Crippen LogP contribution in [0.5, 0.6) is 0 Å². The summed E-state index contributed by atoms with van der Waals surface area (Å²) < 4.78 is 19.4. The van der Waals surface area contributed by atoms with E-state index in [1.165, 1.54) is 23.5 Å². The fourth-order valence-electron chi connectivity index (χ4n) is 2.60. The van der Waals surface area contributed by atoms with Gasteiger partial charge in [-0.2, -0.15) is 5.26 Å². The van der Waals surface area contributed by atoms with Gasteiger partial charge < -0.3 is 4.42 Å². The molecule has 0 radical (unpaired) electrons. The Morgan fingerprint density at radius 1 is 1.11 bits per heavy atom. The number of nitrogens with zero attached hydrogens (tertiary/aromatic N) is 2. The van der Waals surface area contributed by atoms with Crippen molar-refractivity contribution in [2.75, 3.05) is 5.32 Å². The molecule has 0 atom stereocenters. The number of halogens is 1. The minimum Gasteiger partial charge on any atom is -0.451 e. The Balaban J connectivity index is 1.49. The maximum absolute atomic E-state index is 13.9. The van der Waals surface area contributed by atoms with Gasteiger partial charge in [-0.05, 0) is 36.4 Å². The molecule has 28 heavy (non-hydrogen) atoms. The molecule has 136 valence electrons. The number of aromatic nitrogens is 1. The molecule has 0 fully saturated rings. The van der Waals surface area contributed by atoms with E-state index in [0.717, 1.165) is 5.56 Å². The second kappa shape index (κ2) is 7.47. The van der Waals surface area contributed by atoms with Gasteiger partial charge >= 0.3 is 0 Å². The minimum absolute atomic E-state index is 0.0633. The molecule has 7 heteroatoms. The highest BCUT2D eigenvalue weighted by Gasteiger charge is 2.16. The van der Waals surface area contributed by atoms with Gasteiger partial charge in [0.1, 0.15) is 11.6 Å². The van der Waals surface area contributed by atoms with E-state index in [0.29, 0.717) is 22.0 Å². The summed E-state index contributed by atoms with van der Waals surface area (Å²) in [6, 6.07) is 18.3. The first kappa shape index (κ1) is 17.6. The normalized spacial score (nSPS) is 10.4. The predicted octanol–water partition coefficient (Wildman–Crippen LogP) is 5.33. The average Bonchev–Trinajstić information content (AvgIpc) is 3.38. The number of hydrogen-bond donors (Lipinski definition) is 1. The molecule has 0 aliphatic carbocycles. The van der Waals surface area contributed by atoms with Crippen LogP contribution in [0.1, 0.15) is 16.1 Å². The first-order valence-electron chi connectivity index (χ1n) is 8.26. The smallest absolute Gasteiger partial charge is 0.293 e. The zero-order valence-corrected chi connectivity index (χ0v) is 15.2. The number of hydrogen-bond acceptors (Lipinski definition) is 5. The first-order valence-corrected chi connectivity index (χ1v) is 9.14. The van der Waals surface area contributed by atoms with E-state index in [4.69, 9.17) is 9.68 Å². The van der Waals surface area contributed by atoms with Gasteiger partial charge in [-0.1, -0.05) is 24.3 Å². The number of thiazole rings is 1. The van der Waals surface area contributed by atoms with E-state index in [-0.39, 0.29) is 11.5 Å². The number of carbonyl (C=O) groups excluding carboxylic acids is 1. The number of nitrogens with one attached hydrogen (secondary N) is 1. The summed E-state index contributed by atoms with van der Waals surface area (Å²) in [6.45, 7) is 0. The zero-order chi connectivity index (χ0) is 19.5. The number of amides is 1. The number of anilines is 1. The number of rotatable bonds is 4. The molecule has 2 aromatic heterocycles. The Hall–Kier alpha value is -3.76. The van der Waals surface area contributed by atoms with Gasteiger partial charge in [0.15, 0.2) is 10.9 Å². The van der Waals surface area contributed by atoms with Crippen LogP contribution in [0.4, 0.5) is 9.52 Å². The lowest BCUT2D eigenvalue weighted by molar-refractivity contribution is 0.0997. The van der Waals surface area contributed by atoms with Gasteiger partial charge in [-0.15, -0.1) is 11.3 Å². The molecular weight excluding hydrogens is 377 g/mol. The van der Waals surface area contributed by atoms with Crippen LogP contribution in [0.15, 0.2) is 70.5 Å². The van der Waals surface area contributed by atoms with Crippen LogP contribution in [0.3, 0.4) is 0 Å². The van der Waals surface area contributed by atoms with Gasteiger partial charge in [-0.3, -0.25) is 10.1 Å². The Labute approximate surface area is 163 Å². The zero-order valence-electron chi connectivity index (χ0n) is 14.3. The molecule has 0 saturated heterocycles. The summed E-state index contributed by atoms with van der Waals surface area (Å²) in [7, 11) is 0. The lowest BCUT2D eigenvalue weighted by Gasteiger charge is -2.00. The highest BCUT2D eigenvalue weighted by atomic mass is 32.1. The summed E-state index contributed by atoms with van der Waals surface area (Å²) in [4.78, 5) is 16.8. The van der Waals surface area contributed by atoms with Crippen molar-refractivity contribution < 1.29 is 13.6 Å². The monoisotopic (exact) mass is 389 g/mol. The maximum Gasteiger partial charge on any atom is 0.293 e. The Bertz CT molecular complexity index is 1190. The van der Waals surface area contributed by atoms with E-state index in [2.05, 4.69) is 16.4 Å². The number of nitriles is 1. The third-order valence-electron chi connectivity index (χ3n) is 4.00. The molecule has 0 saturated carbocycles. The van der Waals surface area contributed by atoms with Crippen molar-refractivity contribution in [2.45, 2.75) is 0 Å². The van der Waals surface area contributed by atoms with Crippen molar-refractivity contribution in [3.63, 3.8) is 0 Å². The van der Waals surface area contributed by atoms with E-state index < -0.39 is 11.7 Å². The second-order valence-electron chi connectivity index (χ2n) is 5.82. The van der Waals surface area contributed by atoms with Gasteiger partial charge in [-0.25, -0.2) is 9.37 Å². The quantitative estimate of drug-likeness (QED) is 0.511. The number of benzene rings is 2. The van der Waals surface area contributed by atoms with Crippen LogP contribution in [0.25, 0.3) is 22.6 Å². The molecule has 0 bridgehead atoms. The van der Waals surface area contributed by atoms with E-state index in [1.54, 1.807) is 48.5 Å². The number of carbonyl (C=O) groups is 1. The summed E-state index contributed by atoms with van der Waals surface area (Å²) >= 11 is 1.27. The van der Waals surface area contributed by atoms with E-state index in [9.17, 15) is 9.18 Å². The van der Waals surface area contributed by atoms with Crippen LogP contribution in [-0.4, -0.2) is 10.9 Å². The third kappa shape index (κ3) is 3.54. The Morgan fingerprint density at radius 2 is 1.89 bits per heavy atom. The minimum atomic E-state index is -0.469. The molecule has 4 aromatic rings. The molecular formula is C21H12FN3O2S. The molecule has 0 spiro atoms. The Kier molecular flexibility index (Phi) is 4.70. The van der Waals surface area contributed by atoms with Gasteiger partial charge in [0.25, 0.3) is 5.91 Å². The number of furan rings is 1. The van der Waals surface area contributed by atoms with E-state index in [1.807, 2.05) is 5.38 Å². The summed E-state index contributed by atoms with van der Waals surface area (Å²) in [5.74, 6) is -0.548. The van der Waals surface area contributed by atoms with Crippen molar-refractivity contribution >= 4 is 22.4 Å². The van der Waals surface area contributed by atoms with Crippen molar-refractivity contribution in [1.82, 2.24) is 4.98 Å². The molecule has 0 aliphatic heterocycles. The molecule has 2 aromatic carbocycles. The largest absolute Gasteiger partial charge is 0.451 e. The maximum atomic E-state index is 13.9. The van der Waals surface area contributed by atoms with Crippen LogP contribution in [-0.2, 0) is 0 Å². The molecule has 0 unspecified atom stereocenters. The molecule has 5 nitrogen and oxygen atoms in total. The van der Waals surface area contributed by atoms with Crippen molar-refractivity contribution in [3.05, 3.63) is 83.2 Å². The van der Waals surface area contributed by atoms with Crippen LogP contribution in [0.2, 0.25) is 0 Å².